The Morgan fingerprint density at radius 1 is 1.20 bits per heavy atom. The standard InChI is InChI=1S/C23H31N5O2/c1-3-27(4-2)23-24-16-18-15-17(5-10-21(18)26-23)22(29)25-19-6-8-20(9-7-19)28-11-13-30-14-12-28/h6-9,16-17H,3-5,10-15H2,1-2H3,(H,25,29). The molecule has 1 amide bonds. The largest absolute Gasteiger partial charge is 0.378 e. The molecule has 1 N–H and O–H groups in total. The number of carbonyl (C=O) groups excluding carboxylic acids is 1. The van der Waals surface area contributed by atoms with Gasteiger partial charge < -0.3 is 19.9 Å². The highest BCUT2D eigenvalue weighted by Crippen LogP contribution is 2.27. The van der Waals surface area contributed by atoms with E-state index in [0.29, 0.717) is 6.42 Å². The number of aromatic nitrogens is 2. The second-order valence-electron chi connectivity index (χ2n) is 7.89. The van der Waals surface area contributed by atoms with Gasteiger partial charge in [0, 0.05) is 55.4 Å². The lowest BCUT2D eigenvalue weighted by Crippen LogP contribution is -2.36. The number of aryl methyl sites for hydroxylation is 1. The minimum atomic E-state index is -0.0423. The topological polar surface area (TPSA) is 70.6 Å². The number of anilines is 3. The summed E-state index contributed by atoms with van der Waals surface area (Å²) < 4.78 is 5.41. The summed E-state index contributed by atoms with van der Waals surface area (Å²) >= 11 is 0. The van der Waals surface area contributed by atoms with Gasteiger partial charge in [0.1, 0.15) is 0 Å². The Kier molecular flexibility index (Phi) is 6.47. The first-order chi connectivity index (χ1) is 14.7. The highest BCUT2D eigenvalue weighted by molar-refractivity contribution is 5.93. The quantitative estimate of drug-likeness (QED) is 0.791. The first-order valence-corrected chi connectivity index (χ1v) is 11.0. The van der Waals surface area contributed by atoms with Gasteiger partial charge in [0.25, 0.3) is 0 Å². The predicted octanol–water partition coefficient (Wildman–Crippen LogP) is 2.90. The van der Waals surface area contributed by atoms with Crippen LogP contribution in [-0.2, 0) is 22.4 Å². The normalized spacial score (nSPS) is 18.6. The third-order valence-electron chi connectivity index (χ3n) is 6.07. The first-order valence-electron chi connectivity index (χ1n) is 11.0. The molecule has 0 saturated carbocycles. The maximum Gasteiger partial charge on any atom is 0.227 e. The van der Waals surface area contributed by atoms with Gasteiger partial charge in [-0.2, -0.15) is 0 Å². The zero-order chi connectivity index (χ0) is 20.9. The summed E-state index contributed by atoms with van der Waals surface area (Å²) in [5, 5.41) is 3.09. The number of nitrogens with zero attached hydrogens (tertiary/aromatic N) is 4. The van der Waals surface area contributed by atoms with Gasteiger partial charge in [0.05, 0.1) is 13.2 Å². The van der Waals surface area contributed by atoms with Crippen LogP contribution in [0.3, 0.4) is 0 Å². The fourth-order valence-corrected chi connectivity index (χ4v) is 4.20. The maximum absolute atomic E-state index is 12.8. The number of rotatable bonds is 6. The molecule has 160 valence electrons. The average molecular weight is 410 g/mol. The molecule has 1 aromatic carbocycles. The molecular weight excluding hydrogens is 378 g/mol. The van der Waals surface area contributed by atoms with E-state index in [1.54, 1.807) is 0 Å². The number of morpholine rings is 1. The minimum Gasteiger partial charge on any atom is -0.378 e. The molecule has 2 aromatic rings. The van der Waals surface area contributed by atoms with Gasteiger partial charge in [0.2, 0.25) is 11.9 Å². The number of amides is 1. The van der Waals surface area contributed by atoms with E-state index in [-0.39, 0.29) is 11.8 Å². The molecule has 7 nitrogen and oxygen atoms in total. The lowest BCUT2D eigenvalue weighted by atomic mass is 9.86. The molecule has 1 atom stereocenters. The van der Waals surface area contributed by atoms with Crippen LogP contribution in [0.5, 0.6) is 0 Å². The fraction of sp³-hybridized carbons (Fsp3) is 0.522. The lowest BCUT2D eigenvalue weighted by Gasteiger charge is -2.29. The monoisotopic (exact) mass is 409 g/mol. The predicted molar refractivity (Wildman–Crippen MR) is 119 cm³/mol. The molecule has 0 spiro atoms. The molecule has 0 radical (unpaired) electrons. The van der Waals surface area contributed by atoms with Gasteiger partial charge >= 0.3 is 0 Å². The molecule has 2 heterocycles. The van der Waals surface area contributed by atoms with Gasteiger partial charge in [-0.1, -0.05) is 0 Å². The molecule has 0 bridgehead atoms. The molecule has 1 aliphatic heterocycles. The van der Waals surface area contributed by atoms with Crippen LogP contribution in [0.1, 0.15) is 31.5 Å². The van der Waals surface area contributed by atoms with Crippen LogP contribution >= 0.6 is 0 Å². The second kappa shape index (κ2) is 9.43. The van der Waals surface area contributed by atoms with Gasteiger partial charge in [-0.25, -0.2) is 9.97 Å². The van der Waals surface area contributed by atoms with Crippen molar-refractivity contribution >= 4 is 23.2 Å². The van der Waals surface area contributed by atoms with E-state index in [4.69, 9.17) is 9.72 Å². The Morgan fingerprint density at radius 2 is 1.93 bits per heavy atom. The summed E-state index contributed by atoms with van der Waals surface area (Å²) in [5.74, 6) is 0.828. The van der Waals surface area contributed by atoms with E-state index >= 15 is 0 Å². The lowest BCUT2D eigenvalue weighted by molar-refractivity contribution is -0.120. The van der Waals surface area contributed by atoms with E-state index in [2.05, 4.69) is 46.1 Å². The molecule has 1 fully saturated rings. The van der Waals surface area contributed by atoms with Crippen LogP contribution in [0.25, 0.3) is 0 Å². The summed E-state index contributed by atoms with van der Waals surface area (Å²) in [7, 11) is 0. The first kappa shape index (κ1) is 20.6. The Balaban J connectivity index is 1.37. The van der Waals surface area contributed by atoms with E-state index in [1.165, 1.54) is 5.69 Å². The second-order valence-corrected chi connectivity index (χ2v) is 7.89. The molecule has 4 rings (SSSR count). The van der Waals surface area contributed by atoms with Gasteiger partial charge in [-0.15, -0.1) is 0 Å². The summed E-state index contributed by atoms with van der Waals surface area (Å²) in [6.45, 7) is 9.36. The molecule has 2 aliphatic rings. The molecule has 1 unspecified atom stereocenters. The van der Waals surface area contributed by atoms with Crippen molar-refractivity contribution in [2.75, 3.05) is 54.5 Å². The van der Waals surface area contributed by atoms with E-state index < -0.39 is 0 Å². The Morgan fingerprint density at radius 3 is 2.63 bits per heavy atom. The molecule has 30 heavy (non-hydrogen) atoms. The summed E-state index contributed by atoms with van der Waals surface area (Å²) in [4.78, 5) is 26.6. The van der Waals surface area contributed by atoms with Crippen molar-refractivity contribution in [3.8, 4) is 0 Å². The summed E-state index contributed by atoms with van der Waals surface area (Å²) in [6, 6.07) is 8.11. The smallest absolute Gasteiger partial charge is 0.227 e. The highest BCUT2D eigenvalue weighted by atomic mass is 16.5. The Labute approximate surface area is 178 Å². The highest BCUT2D eigenvalue weighted by Gasteiger charge is 2.26. The number of ether oxygens (including phenoxy) is 1. The number of hydrogen-bond acceptors (Lipinski definition) is 6. The van der Waals surface area contributed by atoms with Gasteiger partial charge in [-0.05, 0) is 62.9 Å². The number of fused-ring (bicyclic) bond motifs is 1. The van der Waals surface area contributed by atoms with Crippen molar-refractivity contribution in [1.29, 1.82) is 0 Å². The summed E-state index contributed by atoms with van der Waals surface area (Å²) in [5.41, 5.74) is 4.20. The molecule has 1 aliphatic carbocycles. The molecule has 7 heteroatoms. The van der Waals surface area contributed by atoms with Crippen LogP contribution in [-0.4, -0.2) is 55.3 Å². The third-order valence-corrected chi connectivity index (χ3v) is 6.07. The zero-order valence-corrected chi connectivity index (χ0v) is 17.9. The van der Waals surface area contributed by atoms with E-state index in [0.717, 1.165) is 75.1 Å². The summed E-state index contributed by atoms with van der Waals surface area (Å²) in [6.07, 6.45) is 4.25. The van der Waals surface area contributed by atoms with Crippen molar-refractivity contribution in [3.63, 3.8) is 0 Å². The maximum atomic E-state index is 12.8. The van der Waals surface area contributed by atoms with Gasteiger partial charge in [-0.3, -0.25) is 4.79 Å². The van der Waals surface area contributed by atoms with Crippen molar-refractivity contribution in [2.45, 2.75) is 33.1 Å². The van der Waals surface area contributed by atoms with Crippen LogP contribution in [0.2, 0.25) is 0 Å². The minimum absolute atomic E-state index is 0.0423. The number of hydrogen-bond donors (Lipinski definition) is 1. The van der Waals surface area contributed by atoms with Crippen molar-refractivity contribution in [2.24, 2.45) is 5.92 Å². The van der Waals surface area contributed by atoms with Crippen molar-refractivity contribution in [1.82, 2.24) is 9.97 Å². The van der Waals surface area contributed by atoms with Crippen molar-refractivity contribution in [3.05, 3.63) is 41.7 Å². The average Bonchev–Trinajstić information content (AvgIpc) is 2.80. The van der Waals surface area contributed by atoms with Gasteiger partial charge in [0.15, 0.2) is 0 Å². The number of benzene rings is 1. The van der Waals surface area contributed by atoms with E-state index in [9.17, 15) is 4.79 Å². The molecule has 1 saturated heterocycles. The Hall–Kier alpha value is -2.67. The fourth-order valence-electron chi connectivity index (χ4n) is 4.20. The Bertz CT molecular complexity index is 860. The van der Waals surface area contributed by atoms with E-state index in [1.807, 2.05) is 18.3 Å². The van der Waals surface area contributed by atoms with Crippen LogP contribution in [0.4, 0.5) is 17.3 Å². The third kappa shape index (κ3) is 4.56. The van der Waals surface area contributed by atoms with Crippen LogP contribution in [0, 0.1) is 5.92 Å². The van der Waals surface area contributed by atoms with Crippen molar-refractivity contribution < 1.29 is 9.53 Å². The molecular formula is C23H31N5O2. The number of nitrogens with one attached hydrogen (secondary N) is 1. The SMILES string of the molecule is CCN(CC)c1ncc2c(n1)CCC(C(=O)Nc1ccc(N3CCOCC3)cc1)C2. The molecule has 1 aromatic heterocycles. The van der Waals surface area contributed by atoms with Crippen LogP contribution in [0.15, 0.2) is 30.5 Å². The number of carbonyl (C=O) groups is 1. The van der Waals surface area contributed by atoms with Crippen LogP contribution < -0.4 is 15.1 Å². The zero-order valence-electron chi connectivity index (χ0n) is 17.9.